The van der Waals surface area contributed by atoms with E-state index in [1.54, 1.807) is 23.1 Å². The second kappa shape index (κ2) is 12.6. The van der Waals surface area contributed by atoms with Crippen LogP contribution in [0.5, 0.6) is 0 Å². The molecule has 1 unspecified atom stereocenters. The summed E-state index contributed by atoms with van der Waals surface area (Å²) < 4.78 is 27.6. The largest absolute Gasteiger partial charge is 0.395 e. The standard InChI is InChI=1S/C24H29F2N3O2.2ClH/c25-19-5-3-18(4-6-19)21-2-1-9-29(23-16-20(26)7-8-22(21)23)24(31)17-28-12-10-27(11-13-28)14-15-30;;/h3-8,16,21,30H,1-2,9-15,17H2;2*1H. The van der Waals surface area contributed by atoms with Gasteiger partial charge in [-0.25, -0.2) is 8.78 Å². The lowest BCUT2D eigenvalue weighted by molar-refractivity contribution is -0.120. The summed E-state index contributed by atoms with van der Waals surface area (Å²) in [5.41, 5.74) is 2.51. The Morgan fingerprint density at radius 1 is 0.909 bits per heavy atom. The number of fused-ring (bicyclic) bond motifs is 1. The average molecular weight is 502 g/mol. The first-order valence-corrected chi connectivity index (χ1v) is 11.0. The van der Waals surface area contributed by atoms with Crippen LogP contribution in [0.15, 0.2) is 42.5 Å². The summed E-state index contributed by atoms with van der Waals surface area (Å²) in [7, 11) is 0. The molecule has 5 nitrogen and oxygen atoms in total. The molecule has 0 aliphatic carbocycles. The number of aliphatic hydroxyl groups excluding tert-OH is 1. The van der Waals surface area contributed by atoms with Crippen LogP contribution in [0, 0.1) is 11.6 Å². The Balaban J connectivity index is 0.00000193. The summed E-state index contributed by atoms with van der Waals surface area (Å²) in [5, 5.41) is 9.09. The highest BCUT2D eigenvalue weighted by Crippen LogP contribution is 2.39. The molecule has 4 rings (SSSR count). The lowest BCUT2D eigenvalue weighted by Crippen LogP contribution is -2.50. The number of rotatable bonds is 5. The van der Waals surface area contributed by atoms with Crippen LogP contribution < -0.4 is 4.90 Å². The Bertz CT molecular complexity index is 909. The van der Waals surface area contributed by atoms with Crippen molar-refractivity contribution in [1.29, 1.82) is 0 Å². The van der Waals surface area contributed by atoms with Gasteiger partial charge in [-0.2, -0.15) is 0 Å². The van der Waals surface area contributed by atoms with Crippen LogP contribution >= 0.6 is 24.8 Å². The van der Waals surface area contributed by atoms with Crippen LogP contribution in [0.3, 0.4) is 0 Å². The molecule has 0 spiro atoms. The number of carbonyl (C=O) groups is 1. The molecule has 182 valence electrons. The van der Waals surface area contributed by atoms with E-state index in [0.29, 0.717) is 25.3 Å². The molecule has 0 bridgehead atoms. The van der Waals surface area contributed by atoms with Gasteiger partial charge in [0.1, 0.15) is 11.6 Å². The molecule has 1 N–H and O–H groups in total. The number of benzene rings is 2. The molecule has 33 heavy (non-hydrogen) atoms. The van der Waals surface area contributed by atoms with E-state index >= 15 is 0 Å². The second-order valence-corrected chi connectivity index (χ2v) is 8.34. The Morgan fingerprint density at radius 3 is 2.21 bits per heavy atom. The maximum atomic E-state index is 14.2. The molecule has 9 heteroatoms. The van der Waals surface area contributed by atoms with Crippen molar-refractivity contribution in [2.24, 2.45) is 0 Å². The number of β-amino-alcohol motifs (C(OH)–C–C–N with tert-alkyl or cyclic N) is 1. The van der Waals surface area contributed by atoms with Crippen molar-refractivity contribution >= 4 is 36.4 Å². The number of piperazine rings is 1. The number of hydrogen-bond acceptors (Lipinski definition) is 4. The summed E-state index contributed by atoms with van der Waals surface area (Å²) in [4.78, 5) is 19.3. The lowest BCUT2D eigenvalue weighted by atomic mass is 9.87. The first-order valence-electron chi connectivity index (χ1n) is 11.0. The van der Waals surface area contributed by atoms with Crippen molar-refractivity contribution in [1.82, 2.24) is 9.80 Å². The van der Waals surface area contributed by atoms with Crippen molar-refractivity contribution in [3.05, 3.63) is 65.2 Å². The van der Waals surface area contributed by atoms with Crippen LogP contribution in [0.4, 0.5) is 14.5 Å². The van der Waals surface area contributed by atoms with Gasteiger partial charge >= 0.3 is 0 Å². The average Bonchev–Trinajstić information content (AvgIpc) is 2.95. The molecule has 1 amide bonds. The summed E-state index contributed by atoms with van der Waals surface area (Å²) >= 11 is 0. The predicted molar refractivity (Wildman–Crippen MR) is 131 cm³/mol. The van der Waals surface area contributed by atoms with Crippen molar-refractivity contribution in [3.8, 4) is 0 Å². The molecule has 2 aromatic carbocycles. The fraction of sp³-hybridized carbons (Fsp3) is 0.458. The molecule has 2 aliphatic rings. The Kier molecular flexibility index (Phi) is 10.5. The van der Waals surface area contributed by atoms with Gasteiger partial charge in [0, 0.05) is 45.2 Å². The lowest BCUT2D eigenvalue weighted by Gasteiger charge is -2.35. The fourth-order valence-electron chi connectivity index (χ4n) is 4.66. The minimum Gasteiger partial charge on any atom is -0.395 e. The van der Waals surface area contributed by atoms with E-state index in [1.807, 2.05) is 0 Å². The third-order valence-electron chi connectivity index (χ3n) is 6.35. The Morgan fingerprint density at radius 2 is 1.55 bits per heavy atom. The highest BCUT2D eigenvalue weighted by molar-refractivity contribution is 5.96. The predicted octanol–water partition coefficient (Wildman–Crippen LogP) is 3.68. The molecule has 2 heterocycles. The van der Waals surface area contributed by atoms with Crippen LogP contribution in [-0.4, -0.2) is 73.2 Å². The van der Waals surface area contributed by atoms with E-state index in [-0.39, 0.29) is 54.9 Å². The number of aliphatic hydroxyl groups is 1. The van der Waals surface area contributed by atoms with Gasteiger partial charge in [0.2, 0.25) is 5.91 Å². The van der Waals surface area contributed by atoms with Crippen LogP contribution in [0.25, 0.3) is 0 Å². The molecule has 0 radical (unpaired) electrons. The summed E-state index contributed by atoms with van der Waals surface area (Å²) in [5.74, 6) is -0.681. The van der Waals surface area contributed by atoms with Gasteiger partial charge < -0.3 is 10.0 Å². The summed E-state index contributed by atoms with van der Waals surface area (Å²) in [6.45, 7) is 4.83. The van der Waals surface area contributed by atoms with E-state index < -0.39 is 0 Å². The quantitative estimate of drug-likeness (QED) is 0.678. The van der Waals surface area contributed by atoms with Crippen LogP contribution in [0.1, 0.15) is 29.9 Å². The van der Waals surface area contributed by atoms with Crippen molar-refractivity contribution in [2.45, 2.75) is 18.8 Å². The minimum atomic E-state index is -0.367. The minimum absolute atomic E-state index is 0. The maximum Gasteiger partial charge on any atom is 0.241 e. The normalized spacial score (nSPS) is 19.1. The summed E-state index contributed by atoms with van der Waals surface area (Å²) in [6.07, 6.45) is 1.60. The maximum absolute atomic E-state index is 14.2. The zero-order chi connectivity index (χ0) is 21.8. The monoisotopic (exact) mass is 501 g/mol. The van der Waals surface area contributed by atoms with Crippen LogP contribution in [-0.2, 0) is 4.79 Å². The number of carbonyl (C=O) groups excluding carboxylic acids is 1. The number of anilines is 1. The smallest absolute Gasteiger partial charge is 0.241 e. The fourth-order valence-corrected chi connectivity index (χ4v) is 4.66. The van der Waals surface area contributed by atoms with E-state index in [2.05, 4.69) is 9.80 Å². The number of halogens is 4. The molecule has 2 aromatic rings. The topological polar surface area (TPSA) is 47.0 Å². The van der Waals surface area contributed by atoms with Crippen molar-refractivity contribution < 1.29 is 18.7 Å². The zero-order valence-electron chi connectivity index (χ0n) is 18.5. The zero-order valence-corrected chi connectivity index (χ0v) is 20.1. The van der Waals surface area contributed by atoms with Crippen molar-refractivity contribution in [2.75, 3.05) is 57.3 Å². The van der Waals surface area contributed by atoms with Gasteiger partial charge in [-0.3, -0.25) is 14.6 Å². The second-order valence-electron chi connectivity index (χ2n) is 8.34. The summed E-state index contributed by atoms with van der Waals surface area (Å²) in [6, 6.07) is 11.1. The molecule has 1 fully saturated rings. The van der Waals surface area contributed by atoms with Gasteiger partial charge in [-0.05, 0) is 48.2 Å². The molecular weight excluding hydrogens is 471 g/mol. The van der Waals surface area contributed by atoms with E-state index in [0.717, 1.165) is 50.1 Å². The van der Waals surface area contributed by atoms with Gasteiger partial charge in [0.05, 0.1) is 18.8 Å². The highest BCUT2D eigenvalue weighted by Gasteiger charge is 2.29. The van der Waals surface area contributed by atoms with Gasteiger partial charge in [-0.15, -0.1) is 24.8 Å². The highest BCUT2D eigenvalue weighted by atomic mass is 35.5. The first-order chi connectivity index (χ1) is 15.0. The Hall–Kier alpha value is -1.77. The number of amides is 1. The van der Waals surface area contributed by atoms with E-state index in [1.165, 1.54) is 24.3 Å². The molecule has 0 aromatic heterocycles. The molecule has 1 atom stereocenters. The molecular formula is C24H31Cl2F2N3O2. The number of hydrogen-bond donors (Lipinski definition) is 1. The van der Waals surface area contributed by atoms with Crippen LogP contribution in [0.2, 0.25) is 0 Å². The molecule has 2 aliphatic heterocycles. The number of nitrogens with zero attached hydrogens (tertiary/aromatic N) is 3. The third-order valence-corrected chi connectivity index (χ3v) is 6.35. The van der Waals surface area contributed by atoms with Gasteiger partial charge in [0.15, 0.2) is 0 Å². The Labute approximate surface area is 206 Å². The van der Waals surface area contributed by atoms with Crippen molar-refractivity contribution in [3.63, 3.8) is 0 Å². The van der Waals surface area contributed by atoms with E-state index in [4.69, 9.17) is 5.11 Å². The van der Waals surface area contributed by atoms with Gasteiger partial charge in [0.25, 0.3) is 0 Å². The van der Waals surface area contributed by atoms with Gasteiger partial charge in [-0.1, -0.05) is 18.2 Å². The first kappa shape index (κ1) is 27.5. The third kappa shape index (κ3) is 6.64. The van der Waals surface area contributed by atoms with E-state index in [9.17, 15) is 13.6 Å². The molecule has 1 saturated heterocycles. The SMILES string of the molecule is Cl.Cl.O=C(CN1CCN(CCO)CC1)N1CCCC(c2ccc(F)cc2)c2ccc(F)cc21. The molecule has 0 saturated carbocycles.